The Balaban J connectivity index is 2.03. The molecule has 2 rings (SSSR count). The molecule has 0 spiro atoms. The summed E-state index contributed by atoms with van der Waals surface area (Å²) in [6, 6.07) is 5.30. The van der Waals surface area contributed by atoms with E-state index in [9.17, 15) is 13.2 Å². The van der Waals surface area contributed by atoms with Gasteiger partial charge in [-0.2, -0.15) is 0 Å². The number of hydrogen-bond acceptors (Lipinski definition) is 5. The maximum Gasteiger partial charge on any atom is 0.322 e. The van der Waals surface area contributed by atoms with Crippen LogP contribution < -0.4 is 5.32 Å². The van der Waals surface area contributed by atoms with Crippen molar-refractivity contribution in [3.05, 3.63) is 29.3 Å². The fourth-order valence-corrected chi connectivity index (χ4v) is 3.64. The van der Waals surface area contributed by atoms with Gasteiger partial charge in [0, 0.05) is 31.2 Å². The molecule has 1 aromatic carbocycles. The van der Waals surface area contributed by atoms with Gasteiger partial charge in [-0.25, -0.2) is 8.42 Å². The molecule has 0 radical (unpaired) electrons. The summed E-state index contributed by atoms with van der Waals surface area (Å²) in [6.07, 6.45) is 0. The van der Waals surface area contributed by atoms with Crippen LogP contribution in [0.3, 0.4) is 0 Å². The number of nitrogens with zero attached hydrogens (tertiary/aromatic N) is 1. The predicted octanol–water partition coefficient (Wildman–Crippen LogP) is 0.472. The maximum atomic E-state index is 12.2. The number of nitrogens with one attached hydrogen (secondary N) is 1. The standard InChI is InChI=1S/C13H17ClN2O4S/c14-10-1-3-11(4-2-10)21(19,20)8-7-16-6-5-15-9-12(16)13(17)18/h1-4,12,15H,5-9H2,(H,17,18). The van der Waals surface area contributed by atoms with Gasteiger partial charge in [0.15, 0.2) is 9.84 Å². The van der Waals surface area contributed by atoms with E-state index in [1.54, 1.807) is 4.90 Å². The van der Waals surface area contributed by atoms with Gasteiger partial charge in [-0.1, -0.05) is 11.6 Å². The minimum absolute atomic E-state index is 0.113. The van der Waals surface area contributed by atoms with Crippen molar-refractivity contribution >= 4 is 27.4 Å². The first-order chi connectivity index (χ1) is 9.90. The molecule has 21 heavy (non-hydrogen) atoms. The van der Waals surface area contributed by atoms with Crippen LogP contribution in [0.2, 0.25) is 5.02 Å². The van der Waals surface area contributed by atoms with E-state index in [2.05, 4.69) is 5.32 Å². The molecule has 0 amide bonds. The largest absolute Gasteiger partial charge is 0.480 e. The maximum absolute atomic E-state index is 12.2. The molecule has 1 heterocycles. The topological polar surface area (TPSA) is 86.7 Å². The monoisotopic (exact) mass is 332 g/mol. The van der Waals surface area contributed by atoms with Crippen molar-refractivity contribution in [1.29, 1.82) is 0 Å². The van der Waals surface area contributed by atoms with E-state index in [4.69, 9.17) is 16.7 Å². The Bertz CT molecular complexity index is 603. The summed E-state index contributed by atoms with van der Waals surface area (Å²) in [7, 11) is -3.44. The summed E-state index contributed by atoms with van der Waals surface area (Å²) < 4.78 is 24.5. The molecule has 1 aliphatic rings. The van der Waals surface area contributed by atoms with Gasteiger partial charge in [0.25, 0.3) is 0 Å². The average Bonchev–Trinajstić information content (AvgIpc) is 2.46. The van der Waals surface area contributed by atoms with Crippen LogP contribution in [0.1, 0.15) is 0 Å². The molecule has 1 saturated heterocycles. The van der Waals surface area contributed by atoms with Crippen molar-refractivity contribution in [3.63, 3.8) is 0 Å². The second-order valence-corrected chi connectivity index (χ2v) is 7.41. The number of carbonyl (C=O) groups is 1. The van der Waals surface area contributed by atoms with Gasteiger partial charge in [-0.05, 0) is 24.3 Å². The summed E-state index contributed by atoms with van der Waals surface area (Å²) in [5, 5.41) is 12.6. The third-order valence-corrected chi connectivity index (χ3v) is 5.42. The Morgan fingerprint density at radius 2 is 2.05 bits per heavy atom. The molecule has 1 atom stereocenters. The van der Waals surface area contributed by atoms with Crippen molar-refractivity contribution < 1.29 is 18.3 Å². The van der Waals surface area contributed by atoms with Gasteiger partial charge in [-0.3, -0.25) is 9.69 Å². The molecule has 1 aromatic rings. The molecule has 2 N–H and O–H groups in total. The van der Waals surface area contributed by atoms with E-state index in [-0.39, 0.29) is 17.2 Å². The van der Waals surface area contributed by atoms with Crippen LogP contribution in [0.25, 0.3) is 0 Å². The fraction of sp³-hybridized carbons (Fsp3) is 0.462. The molecule has 116 valence electrons. The van der Waals surface area contributed by atoms with E-state index in [1.165, 1.54) is 24.3 Å². The van der Waals surface area contributed by atoms with Gasteiger partial charge in [0.2, 0.25) is 0 Å². The van der Waals surface area contributed by atoms with Crippen LogP contribution in [-0.4, -0.2) is 62.4 Å². The van der Waals surface area contributed by atoms with E-state index >= 15 is 0 Å². The van der Waals surface area contributed by atoms with Crippen LogP contribution in [0, 0.1) is 0 Å². The third kappa shape index (κ3) is 4.16. The quantitative estimate of drug-likeness (QED) is 0.815. The summed E-state index contributed by atoms with van der Waals surface area (Å²) in [5.41, 5.74) is 0. The Morgan fingerprint density at radius 3 is 2.67 bits per heavy atom. The Morgan fingerprint density at radius 1 is 1.38 bits per heavy atom. The summed E-state index contributed by atoms with van der Waals surface area (Å²) in [5.74, 6) is -1.05. The van der Waals surface area contributed by atoms with E-state index < -0.39 is 21.8 Å². The Hall–Kier alpha value is -1.15. The lowest BCUT2D eigenvalue weighted by atomic mass is 10.2. The number of aliphatic carboxylic acids is 1. The van der Waals surface area contributed by atoms with Crippen molar-refractivity contribution in [1.82, 2.24) is 10.2 Å². The highest BCUT2D eigenvalue weighted by Gasteiger charge is 2.29. The second kappa shape index (κ2) is 6.74. The molecule has 0 aliphatic carbocycles. The van der Waals surface area contributed by atoms with E-state index in [1.807, 2.05) is 0 Å². The second-order valence-electron chi connectivity index (χ2n) is 4.87. The van der Waals surface area contributed by atoms with Crippen LogP contribution >= 0.6 is 11.6 Å². The molecule has 1 fully saturated rings. The molecule has 0 saturated carbocycles. The molecular weight excluding hydrogens is 316 g/mol. The lowest BCUT2D eigenvalue weighted by Gasteiger charge is -2.33. The van der Waals surface area contributed by atoms with Crippen LogP contribution in [0.5, 0.6) is 0 Å². The predicted molar refractivity (Wildman–Crippen MR) is 79.4 cm³/mol. The summed E-state index contributed by atoms with van der Waals surface area (Å²) in [4.78, 5) is 13.0. The lowest BCUT2D eigenvalue weighted by molar-refractivity contribution is -0.143. The minimum atomic E-state index is -3.44. The summed E-state index contributed by atoms with van der Waals surface area (Å²) in [6.45, 7) is 1.71. The number of benzene rings is 1. The molecule has 1 unspecified atom stereocenters. The van der Waals surface area contributed by atoms with Crippen LogP contribution in [-0.2, 0) is 14.6 Å². The smallest absolute Gasteiger partial charge is 0.322 e. The highest BCUT2D eigenvalue weighted by molar-refractivity contribution is 7.91. The van der Waals surface area contributed by atoms with Gasteiger partial charge in [0.1, 0.15) is 6.04 Å². The van der Waals surface area contributed by atoms with Crippen molar-refractivity contribution in [2.24, 2.45) is 0 Å². The van der Waals surface area contributed by atoms with Crippen LogP contribution in [0.4, 0.5) is 0 Å². The van der Waals surface area contributed by atoms with Crippen molar-refractivity contribution in [2.45, 2.75) is 10.9 Å². The zero-order chi connectivity index (χ0) is 15.5. The number of sulfone groups is 1. The van der Waals surface area contributed by atoms with Gasteiger partial charge in [-0.15, -0.1) is 0 Å². The molecule has 0 aromatic heterocycles. The van der Waals surface area contributed by atoms with Gasteiger partial charge < -0.3 is 10.4 Å². The van der Waals surface area contributed by atoms with Crippen molar-refractivity contribution in [3.8, 4) is 0 Å². The Kier molecular flexibility index (Phi) is 5.21. The molecule has 6 nitrogen and oxygen atoms in total. The molecule has 0 bridgehead atoms. The third-order valence-electron chi connectivity index (χ3n) is 3.46. The van der Waals surface area contributed by atoms with E-state index in [0.29, 0.717) is 24.7 Å². The number of piperazine rings is 1. The average molecular weight is 333 g/mol. The fourth-order valence-electron chi connectivity index (χ4n) is 2.25. The minimum Gasteiger partial charge on any atom is -0.480 e. The first-order valence-electron chi connectivity index (χ1n) is 6.56. The van der Waals surface area contributed by atoms with E-state index in [0.717, 1.165) is 0 Å². The number of carboxylic acid groups (broad SMARTS) is 1. The zero-order valence-corrected chi connectivity index (χ0v) is 12.9. The summed E-state index contributed by atoms with van der Waals surface area (Å²) >= 11 is 5.74. The zero-order valence-electron chi connectivity index (χ0n) is 11.3. The Labute approximate surface area is 128 Å². The van der Waals surface area contributed by atoms with Crippen molar-refractivity contribution in [2.75, 3.05) is 31.9 Å². The molecule has 1 aliphatic heterocycles. The highest BCUT2D eigenvalue weighted by atomic mass is 35.5. The number of carboxylic acids is 1. The number of halogens is 1. The SMILES string of the molecule is O=C(O)C1CNCCN1CCS(=O)(=O)c1ccc(Cl)cc1. The first-order valence-corrected chi connectivity index (χ1v) is 8.59. The molecular formula is C13H17ClN2O4S. The van der Waals surface area contributed by atoms with Gasteiger partial charge >= 0.3 is 5.97 Å². The normalized spacial score (nSPS) is 20.3. The number of rotatable bonds is 5. The number of hydrogen-bond donors (Lipinski definition) is 2. The first kappa shape index (κ1) is 16.2. The van der Waals surface area contributed by atoms with Crippen LogP contribution in [0.15, 0.2) is 29.2 Å². The van der Waals surface area contributed by atoms with Gasteiger partial charge in [0.05, 0.1) is 10.6 Å². The highest BCUT2D eigenvalue weighted by Crippen LogP contribution is 2.16. The molecule has 8 heteroatoms. The lowest BCUT2D eigenvalue weighted by Crippen LogP contribution is -2.55.